The van der Waals surface area contributed by atoms with Crippen molar-refractivity contribution in [1.29, 1.82) is 0 Å². The van der Waals surface area contributed by atoms with Gasteiger partial charge in [0, 0.05) is 5.56 Å². The molecular weight excluding hydrogens is 307 g/mol. The average molecular weight is 321 g/mol. The third kappa shape index (κ3) is 6.48. The van der Waals surface area contributed by atoms with Gasteiger partial charge in [0.15, 0.2) is 0 Å². The van der Waals surface area contributed by atoms with Crippen LogP contribution in [0.15, 0.2) is 18.2 Å². The molecule has 0 spiro atoms. The van der Waals surface area contributed by atoms with Crippen molar-refractivity contribution in [3.05, 3.63) is 29.3 Å². The summed E-state index contributed by atoms with van der Waals surface area (Å²) in [5, 5.41) is 0. The van der Waals surface area contributed by atoms with Crippen LogP contribution in [0.4, 0.5) is 18.9 Å². The highest BCUT2D eigenvalue weighted by Gasteiger charge is 2.29. The molecule has 0 radical (unpaired) electrons. The SMILES string of the molecule is Cc1ccc(C#CCN)c(NS(=O)(=O)NCC(F)(F)F)c1. The van der Waals surface area contributed by atoms with E-state index in [9.17, 15) is 21.6 Å². The first-order chi connectivity index (χ1) is 9.63. The Hall–Kier alpha value is -1.76. The maximum atomic E-state index is 12.0. The molecule has 116 valence electrons. The van der Waals surface area contributed by atoms with Gasteiger partial charge in [-0.3, -0.25) is 4.72 Å². The second-order valence-corrected chi connectivity index (χ2v) is 5.60. The smallest absolute Gasteiger partial charge is 0.320 e. The van der Waals surface area contributed by atoms with Gasteiger partial charge >= 0.3 is 6.18 Å². The molecule has 0 atom stereocenters. The quantitative estimate of drug-likeness (QED) is 0.727. The first-order valence-corrected chi connectivity index (χ1v) is 7.25. The molecule has 0 aromatic heterocycles. The summed E-state index contributed by atoms with van der Waals surface area (Å²) < 4.78 is 62.7. The van der Waals surface area contributed by atoms with Crippen molar-refractivity contribution in [1.82, 2.24) is 4.72 Å². The van der Waals surface area contributed by atoms with E-state index in [1.54, 1.807) is 19.1 Å². The number of nitrogens with one attached hydrogen (secondary N) is 2. The van der Waals surface area contributed by atoms with Crippen molar-refractivity contribution in [2.75, 3.05) is 17.8 Å². The van der Waals surface area contributed by atoms with Crippen LogP contribution in [0.1, 0.15) is 11.1 Å². The number of anilines is 1. The molecule has 5 nitrogen and oxygen atoms in total. The number of halogens is 3. The molecule has 0 bridgehead atoms. The van der Waals surface area contributed by atoms with Crippen LogP contribution >= 0.6 is 0 Å². The third-order valence-electron chi connectivity index (χ3n) is 2.21. The molecule has 4 N–H and O–H groups in total. The number of benzene rings is 1. The molecule has 0 amide bonds. The second-order valence-electron chi connectivity index (χ2n) is 4.10. The van der Waals surface area contributed by atoms with Gasteiger partial charge in [0.05, 0.1) is 12.2 Å². The summed E-state index contributed by atoms with van der Waals surface area (Å²) in [6.45, 7) is 0.130. The Morgan fingerprint density at radius 3 is 2.57 bits per heavy atom. The van der Waals surface area contributed by atoms with Crippen LogP contribution in [0, 0.1) is 18.8 Å². The summed E-state index contributed by atoms with van der Waals surface area (Å²) in [4.78, 5) is 0. The van der Waals surface area contributed by atoms with Gasteiger partial charge in [0.1, 0.15) is 6.54 Å². The van der Waals surface area contributed by atoms with Gasteiger partial charge in [0.25, 0.3) is 10.2 Å². The summed E-state index contributed by atoms with van der Waals surface area (Å²) in [6, 6.07) is 4.72. The Morgan fingerprint density at radius 1 is 1.33 bits per heavy atom. The minimum Gasteiger partial charge on any atom is -0.320 e. The van der Waals surface area contributed by atoms with Crippen molar-refractivity contribution >= 4 is 15.9 Å². The summed E-state index contributed by atoms with van der Waals surface area (Å²) in [5.41, 5.74) is 6.36. The Kier molecular flexibility index (Phi) is 5.60. The highest BCUT2D eigenvalue weighted by atomic mass is 32.2. The maximum Gasteiger partial charge on any atom is 0.402 e. The van der Waals surface area contributed by atoms with Crippen molar-refractivity contribution in [2.24, 2.45) is 5.73 Å². The van der Waals surface area contributed by atoms with Gasteiger partial charge in [-0.15, -0.1) is 0 Å². The van der Waals surface area contributed by atoms with Crippen LogP contribution in [0.2, 0.25) is 0 Å². The fourth-order valence-corrected chi connectivity index (χ4v) is 2.24. The van der Waals surface area contributed by atoms with Crippen molar-refractivity contribution in [3.8, 4) is 11.8 Å². The molecule has 1 aromatic carbocycles. The minimum atomic E-state index is -4.64. The van der Waals surface area contributed by atoms with Crippen molar-refractivity contribution in [2.45, 2.75) is 13.1 Å². The normalized spacial score (nSPS) is 11.7. The fourth-order valence-electron chi connectivity index (χ4n) is 1.36. The number of hydrogen-bond acceptors (Lipinski definition) is 3. The average Bonchev–Trinajstić information content (AvgIpc) is 2.34. The van der Waals surface area contributed by atoms with E-state index in [-0.39, 0.29) is 12.2 Å². The molecule has 0 unspecified atom stereocenters. The predicted molar refractivity (Wildman–Crippen MR) is 73.7 cm³/mol. The van der Waals surface area contributed by atoms with Gasteiger partial charge in [-0.25, -0.2) is 0 Å². The third-order valence-corrected chi connectivity index (χ3v) is 3.22. The Morgan fingerprint density at radius 2 is 2.00 bits per heavy atom. The van der Waals surface area contributed by atoms with Crippen LogP contribution in [-0.2, 0) is 10.2 Å². The number of alkyl halides is 3. The number of aryl methyl sites for hydroxylation is 1. The van der Waals surface area contributed by atoms with E-state index in [1.165, 1.54) is 10.8 Å². The van der Waals surface area contributed by atoms with Gasteiger partial charge in [-0.1, -0.05) is 17.9 Å². The largest absolute Gasteiger partial charge is 0.402 e. The van der Waals surface area contributed by atoms with E-state index in [2.05, 4.69) is 11.8 Å². The first-order valence-electron chi connectivity index (χ1n) is 5.77. The van der Waals surface area contributed by atoms with E-state index in [1.807, 2.05) is 4.72 Å². The van der Waals surface area contributed by atoms with E-state index < -0.39 is 22.9 Å². The zero-order chi connectivity index (χ0) is 16.1. The lowest BCUT2D eigenvalue weighted by molar-refractivity contribution is -0.121. The Labute approximate surface area is 120 Å². The van der Waals surface area contributed by atoms with E-state index in [0.717, 1.165) is 5.56 Å². The van der Waals surface area contributed by atoms with Crippen LogP contribution in [0.3, 0.4) is 0 Å². The van der Waals surface area contributed by atoms with Gasteiger partial charge in [0.2, 0.25) is 0 Å². The van der Waals surface area contributed by atoms with Crippen molar-refractivity contribution < 1.29 is 21.6 Å². The fraction of sp³-hybridized carbons (Fsp3) is 0.333. The molecule has 0 aliphatic rings. The lowest BCUT2D eigenvalue weighted by Crippen LogP contribution is -2.37. The predicted octanol–water partition coefficient (Wildman–Crippen LogP) is 1.11. The second kappa shape index (κ2) is 6.80. The van der Waals surface area contributed by atoms with Crippen LogP contribution in [0.25, 0.3) is 0 Å². The van der Waals surface area contributed by atoms with E-state index in [0.29, 0.717) is 5.56 Å². The zero-order valence-corrected chi connectivity index (χ0v) is 11.9. The van der Waals surface area contributed by atoms with E-state index in [4.69, 9.17) is 5.73 Å². The molecule has 0 saturated carbocycles. The molecule has 1 rings (SSSR count). The van der Waals surface area contributed by atoms with Crippen LogP contribution < -0.4 is 15.2 Å². The molecule has 21 heavy (non-hydrogen) atoms. The monoisotopic (exact) mass is 321 g/mol. The highest BCUT2D eigenvalue weighted by molar-refractivity contribution is 7.90. The van der Waals surface area contributed by atoms with Crippen LogP contribution in [-0.4, -0.2) is 27.7 Å². The summed E-state index contributed by atoms with van der Waals surface area (Å²) in [5.74, 6) is 5.19. The van der Waals surface area contributed by atoms with Crippen LogP contribution in [0.5, 0.6) is 0 Å². The number of hydrogen-bond donors (Lipinski definition) is 3. The van der Waals surface area contributed by atoms with Gasteiger partial charge < -0.3 is 5.73 Å². The first kappa shape index (κ1) is 17.3. The minimum absolute atomic E-state index is 0.0758. The number of rotatable bonds is 4. The topological polar surface area (TPSA) is 84.2 Å². The molecule has 1 aromatic rings. The number of nitrogens with two attached hydrogens (primary N) is 1. The standard InChI is InChI=1S/C12H14F3N3O2S/c1-9-4-5-10(3-2-6-16)11(7-9)18-21(19,20)17-8-12(13,14)15/h4-5,7,17-18H,6,8,16H2,1H3. The molecule has 0 aliphatic heterocycles. The van der Waals surface area contributed by atoms with Gasteiger partial charge in [-0.2, -0.15) is 26.3 Å². The van der Waals surface area contributed by atoms with Gasteiger partial charge in [-0.05, 0) is 24.6 Å². The Balaban J connectivity index is 2.98. The van der Waals surface area contributed by atoms with E-state index >= 15 is 0 Å². The summed E-state index contributed by atoms with van der Waals surface area (Å²) >= 11 is 0. The Bertz CT molecular complexity index is 661. The summed E-state index contributed by atoms with van der Waals surface area (Å²) in [6.07, 6.45) is -4.64. The zero-order valence-electron chi connectivity index (χ0n) is 11.1. The highest BCUT2D eigenvalue weighted by Crippen LogP contribution is 2.18. The molecule has 9 heteroatoms. The molecule has 0 fully saturated rings. The molecule has 0 aliphatic carbocycles. The lowest BCUT2D eigenvalue weighted by atomic mass is 10.1. The lowest BCUT2D eigenvalue weighted by Gasteiger charge is -2.12. The molecule has 0 saturated heterocycles. The molecular formula is C12H14F3N3O2S. The maximum absolute atomic E-state index is 12.0. The van der Waals surface area contributed by atoms with Crippen molar-refractivity contribution in [3.63, 3.8) is 0 Å². The summed E-state index contributed by atoms with van der Waals surface area (Å²) in [7, 11) is -4.35. The molecule has 0 heterocycles.